The zero-order valence-electron chi connectivity index (χ0n) is 11.2. The minimum Gasteiger partial charge on any atom is -0.373 e. The number of aryl methyl sites for hydroxylation is 2. The van der Waals surface area contributed by atoms with Crippen molar-refractivity contribution >= 4 is 17.4 Å². The molecule has 19 heavy (non-hydrogen) atoms. The molecule has 1 amide bonds. The largest absolute Gasteiger partial charge is 0.373 e. The van der Waals surface area contributed by atoms with Crippen molar-refractivity contribution in [1.29, 1.82) is 0 Å². The smallest absolute Gasteiger partial charge is 0.255 e. The highest BCUT2D eigenvalue weighted by atomic mass is 16.1. The molecule has 0 spiro atoms. The molecule has 5 nitrogen and oxygen atoms in total. The van der Waals surface area contributed by atoms with Crippen LogP contribution in [-0.4, -0.2) is 22.9 Å². The fraction of sp³-hybridized carbons (Fsp3) is 0.214. The van der Waals surface area contributed by atoms with E-state index in [1.807, 2.05) is 19.9 Å². The minimum absolute atomic E-state index is 0.168. The molecule has 0 atom stereocenters. The number of hydrogen-bond donors (Lipinski definition) is 2. The molecule has 0 aromatic carbocycles. The molecule has 0 radical (unpaired) electrons. The number of aromatic nitrogens is 2. The van der Waals surface area contributed by atoms with Gasteiger partial charge in [0, 0.05) is 24.5 Å². The maximum atomic E-state index is 12.2. The van der Waals surface area contributed by atoms with E-state index in [-0.39, 0.29) is 5.91 Å². The normalized spacial score (nSPS) is 10.1. The first-order valence-corrected chi connectivity index (χ1v) is 5.99. The maximum Gasteiger partial charge on any atom is 0.255 e. The third kappa shape index (κ3) is 3.07. The number of rotatable bonds is 3. The number of nitrogens with one attached hydrogen (secondary N) is 2. The first-order valence-electron chi connectivity index (χ1n) is 5.99. The zero-order chi connectivity index (χ0) is 13.8. The predicted molar refractivity (Wildman–Crippen MR) is 75.4 cm³/mol. The Morgan fingerprint density at radius 2 is 2.05 bits per heavy atom. The van der Waals surface area contributed by atoms with Gasteiger partial charge in [0.2, 0.25) is 0 Å². The quantitative estimate of drug-likeness (QED) is 0.884. The van der Waals surface area contributed by atoms with E-state index in [0.717, 1.165) is 11.4 Å². The molecule has 0 saturated heterocycles. The lowest BCUT2D eigenvalue weighted by Crippen LogP contribution is -2.14. The van der Waals surface area contributed by atoms with Crippen LogP contribution in [0.25, 0.3) is 0 Å². The third-order valence-electron chi connectivity index (χ3n) is 2.73. The Kier molecular flexibility index (Phi) is 3.75. The standard InChI is InChI=1S/C14H16N4O/c1-9-7-11(8-13(15-3)17-9)14(19)18-12-5-4-6-16-10(12)2/h4-8H,1-3H3,(H,15,17)(H,18,19). The van der Waals surface area contributed by atoms with E-state index in [2.05, 4.69) is 20.6 Å². The molecule has 0 unspecified atom stereocenters. The number of pyridine rings is 2. The van der Waals surface area contributed by atoms with Crippen molar-refractivity contribution in [3.8, 4) is 0 Å². The Morgan fingerprint density at radius 3 is 2.74 bits per heavy atom. The number of hydrogen-bond acceptors (Lipinski definition) is 4. The van der Waals surface area contributed by atoms with Gasteiger partial charge in [0.05, 0.1) is 11.4 Å². The fourth-order valence-corrected chi connectivity index (χ4v) is 1.74. The van der Waals surface area contributed by atoms with E-state index in [1.54, 1.807) is 31.4 Å². The molecule has 0 aliphatic rings. The molecule has 0 aliphatic carbocycles. The summed E-state index contributed by atoms with van der Waals surface area (Å²) in [5.74, 6) is 0.506. The average molecular weight is 256 g/mol. The van der Waals surface area contributed by atoms with Crippen molar-refractivity contribution in [2.24, 2.45) is 0 Å². The lowest BCUT2D eigenvalue weighted by atomic mass is 10.2. The van der Waals surface area contributed by atoms with E-state index in [9.17, 15) is 4.79 Å². The van der Waals surface area contributed by atoms with Gasteiger partial charge in [-0.25, -0.2) is 4.98 Å². The van der Waals surface area contributed by atoms with Crippen LogP contribution in [0.3, 0.4) is 0 Å². The SMILES string of the molecule is CNc1cc(C(=O)Nc2cccnc2C)cc(C)n1. The summed E-state index contributed by atoms with van der Waals surface area (Å²) < 4.78 is 0. The van der Waals surface area contributed by atoms with Crippen LogP contribution in [0.5, 0.6) is 0 Å². The Morgan fingerprint density at radius 1 is 1.26 bits per heavy atom. The number of anilines is 2. The summed E-state index contributed by atoms with van der Waals surface area (Å²) in [6.45, 7) is 3.71. The van der Waals surface area contributed by atoms with E-state index in [1.165, 1.54) is 0 Å². The summed E-state index contributed by atoms with van der Waals surface area (Å²) in [5, 5.41) is 5.78. The Bertz CT molecular complexity index is 610. The van der Waals surface area contributed by atoms with Gasteiger partial charge in [-0.1, -0.05) is 0 Å². The molecule has 2 heterocycles. The van der Waals surface area contributed by atoms with Gasteiger partial charge in [-0.15, -0.1) is 0 Å². The van der Waals surface area contributed by atoms with Crippen LogP contribution < -0.4 is 10.6 Å². The fourth-order valence-electron chi connectivity index (χ4n) is 1.74. The second kappa shape index (κ2) is 5.48. The number of nitrogens with zero attached hydrogens (tertiary/aromatic N) is 2. The molecular weight excluding hydrogens is 240 g/mol. The van der Waals surface area contributed by atoms with Gasteiger partial charge in [0.1, 0.15) is 5.82 Å². The Labute approximate surface area is 112 Å². The number of amides is 1. The van der Waals surface area contributed by atoms with E-state index >= 15 is 0 Å². The summed E-state index contributed by atoms with van der Waals surface area (Å²) in [6, 6.07) is 7.09. The Balaban J connectivity index is 2.25. The topological polar surface area (TPSA) is 66.9 Å². The van der Waals surface area contributed by atoms with Gasteiger partial charge in [0.25, 0.3) is 5.91 Å². The molecule has 2 rings (SSSR count). The summed E-state index contributed by atoms with van der Waals surface area (Å²) in [7, 11) is 1.77. The van der Waals surface area contributed by atoms with Gasteiger partial charge in [-0.2, -0.15) is 0 Å². The zero-order valence-corrected chi connectivity index (χ0v) is 11.2. The molecular formula is C14H16N4O. The molecule has 2 aromatic heterocycles. The van der Waals surface area contributed by atoms with Gasteiger partial charge in [-0.05, 0) is 38.1 Å². The van der Waals surface area contributed by atoms with Crippen molar-refractivity contribution in [3.05, 3.63) is 47.4 Å². The first kappa shape index (κ1) is 13.0. The second-order valence-electron chi connectivity index (χ2n) is 4.22. The van der Waals surface area contributed by atoms with Gasteiger partial charge in [-0.3, -0.25) is 9.78 Å². The lowest BCUT2D eigenvalue weighted by molar-refractivity contribution is 0.102. The van der Waals surface area contributed by atoms with Crippen molar-refractivity contribution in [1.82, 2.24) is 9.97 Å². The van der Waals surface area contributed by atoms with Gasteiger partial charge >= 0.3 is 0 Å². The molecule has 2 aromatic rings. The van der Waals surface area contributed by atoms with Crippen LogP contribution in [0.15, 0.2) is 30.5 Å². The van der Waals surface area contributed by atoms with E-state index < -0.39 is 0 Å². The second-order valence-corrected chi connectivity index (χ2v) is 4.22. The summed E-state index contributed by atoms with van der Waals surface area (Å²) in [4.78, 5) is 20.6. The molecule has 0 bridgehead atoms. The van der Waals surface area contributed by atoms with Crippen LogP contribution in [0, 0.1) is 13.8 Å². The summed E-state index contributed by atoms with van der Waals surface area (Å²) >= 11 is 0. The van der Waals surface area contributed by atoms with Crippen LogP contribution >= 0.6 is 0 Å². The van der Waals surface area contributed by atoms with Crippen molar-refractivity contribution < 1.29 is 4.79 Å². The third-order valence-corrected chi connectivity index (χ3v) is 2.73. The highest BCUT2D eigenvalue weighted by Gasteiger charge is 2.10. The molecule has 0 saturated carbocycles. The minimum atomic E-state index is -0.168. The highest BCUT2D eigenvalue weighted by molar-refractivity contribution is 6.05. The molecule has 2 N–H and O–H groups in total. The Hall–Kier alpha value is -2.43. The average Bonchev–Trinajstić information content (AvgIpc) is 2.40. The molecule has 0 aliphatic heterocycles. The van der Waals surface area contributed by atoms with Crippen molar-refractivity contribution in [2.45, 2.75) is 13.8 Å². The number of carbonyl (C=O) groups is 1. The van der Waals surface area contributed by atoms with Crippen molar-refractivity contribution in [3.63, 3.8) is 0 Å². The van der Waals surface area contributed by atoms with Crippen LogP contribution in [0.1, 0.15) is 21.7 Å². The van der Waals surface area contributed by atoms with Crippen LogP contribution in [0.4, 0.5) is 11.5 Å². The predicted octanol–water partition coefficient (Wildman–Crippen LogP) is 2.39. The monoisotopic (exact) mass is 256 g/mol. The maximum absolute atomic E-state index is 12.2. The van der Waals surface area contributed by atoms with Crippen LogP contribution in [-0.2, 0) is 0 Å². The summed E-state index contributed by atoms with van der Waals surface area (Å²) in [5.41, 5.74) is 2.86. The summed E-state index contributed by atoms with van der Waals surface area (Å²) in [6.07, 6.45) is 1.70. The van der Waals surface area contributed by atoms with Gasteiger partial charge in [0.15, 0.2) is 0 Å². The first-order chi connectivity index (χ1) is 9.10. The molecule has 5 heteroatoms. The van der Waals surface area contributed by atoms with Crippen LogP contribution in [0.2, 0.25) is 0 Å². The van der Waals surface area contributed by atoms with Gasteiger partial charge < -0.3 is 10.6 Å². The number of carbonyl (C=O) groups excluding carboxylic acids is 1. The van der Waals surface area contributed by atoms with Crippen molar-refractivity contribution in [2.75, 3.05) is 17.7 Å². The van der Waals surface area contributed by atoms with E-state index in [0.29, 0.717) is 17.1 Å². The lowest BCUT2D eigenvalue weighted by Gasteiger charge is -2.09. The van der Waals surface area contributed by atoms with E-state index in [4.69, 9.17) is 0 Å². The highest BCUT2D eigenvalue weighted by Crippen LogP contribution is 2.14. The molecule has 98 valence electrons. The molecule has 0 fully saturated rings.